The SMILES string of the molecule is Cc1nn(CC(=O)NC(c2ccc(Cl)cc2)C2CC2)c(C)c1[N+](=O)[O-]. The number of aromatic nitrogens is 2. The highest BCUT2D eigenvalue weighted by Gasteiger charge is 2.33. The van der Waals surface area contributed by atoms with Gasteiger partial charge in [0.15, 0.2) is 0 Å². The van der Waals surface area contributed by atoms with E-state index in [1.807, 2.05) is 24.3 Å². The van der Waals surface area contributed by atoms with Gasteiger partial charge in [-0.25, -0.2) is 0 Å². The van der Waals surface area contributed by atoms with Crippen LogP contribution >= 0.6 is 11.6 Å². The molecule has 25 heavy (non-hydrogen) atoms. The molecule has 8 heteroatoms. The molecule has 1 heterocycles. The molecule has 1 amide bonds. The van der Waals surface area contributed by atoms with Crippen molar-refractivity contribution in [3.63, 3.8) is 0 Å². The van der Waals surface area contributed by atoms with Gasteiger partial charge in [-0.3, -0.25) is 19.6 Å². The highest BCUT2D eigenvalue weighted by atomic mass is 35.5. The van der Waals surface area contributed by atoms with E-state index < -0.39 is 4.92 Å². The molecule has 1 saturated carbocycles. The van der Waals surface area contributed by atoms with Gasteiger partial charge in [0.25, 0.3) is 0 Å². The average molecular weight is 363 g/mol. The first kappa shape index (κ1) is 17.4. The summed E-state index contributed by atoms with van der Waals surface area (Å²) < 4.78 is 1.38. The summed E-state index contributed by atoms with van der Waals surface area (Å²) in [6, 6.07) is 7.38. The summed E-state index contributed by atoms with van der Waals surface area (Å²) in [7, 11) is 0. The molecule has 0 saturated heterocycles. The van der Waals surface area contributed by atoms with E-state index in [2.05, 4.69) is 10.4 Å². The molecular weight excluding hydrogens is 344 g/mol. The van der Waals surface area contributed by atoms with Crippen LogP contribution in [0.3, 0.4) is 0 Å². The Bertz CT molecular complexity index is 812. The number of benzene rings is 1. The van der Waals surface area contributed by atoms with Gasteiger partial charge in [0, 0.05) is 5.02 Å². The number of aryl methyl sites for hydroxylation is 1. The predicted octanol–water partition coefficient (Wildman–Crippen LogP) is 3.33. The first-order chi connectivity index (χ1) is 11.9. The van der Waals surface area contributed by atoms with Gasteiger partial charge in [0.1, 0.15) is 17.9 Å². The Hall–Kier alpha value is -2.41. The third-order valence-electron chi connectivity index (χ3n) is 4.46. The summed E-state index contributed by atoms with van der Waals surface area (Å²) in [5.41, 5.74) is 1.67. The Morgan fingerprint density at radius 3 is 2.56 bits per heavy atom. The van der Waals surface area contributed by atoms with Crippen molar-refractivity contribution >= 4 is 23.2 Å². The van der Waals surface area contributed by atoms with Crippen LogP contribution in [0.4, 0.5) is 5.69 Å². The maximum absolute atomic E-state index is 12.5. The number of rotatable bonds is 6. The van der Waals surface area contributed by atoms with Crippen LogP contribution in [-0.4, -0.2) is 20.6 Å². The quantitative estimate of drug-likeness (QED) is 0.630. The number of hydrogen-bond donors (Lipinski definition) is 1. The van der Waals surface area contributed by atoms with Crippen LogP contribution in [0.1, 0.15) is 35.8 Å². The molecule has 1 fully saturated rings. The molecule has 132 valence electrons. The molecule has 1 aliphatic carbocycles. The maximum Gasteiger partial charge on any atom is 0.312 e. The van der Waals surface area contributed by atoms with Gasteiger partial charge in [-0.05, 0) is 50.3 Å². The largest absolute Gasteiger partial charge is 0.347 e. The molecular formula is C17H19ClN4O3. The fraction of sp³-hybridized carbons (Fsp3) is 0.412. The third-order valence-corrected chi connectivity index (χ3v) is 4.71. The lowest BCUT2D eigenvalue weighted by molar-refractivity contribution is -0.386. The number of nitrogens with one attached hydrogen (secondary N) is 1. The van der Waals surface area contributed by atoms with E-state index in [0.29, 0.717) is 22.3 Å². The molecule has 7 nitrogen and oxygen atoms in total. The predicted molar refractivity (Wildman–Crippen MR) is 93.4 cm³/mol. The van der Waals surface area contributed by atoms with Crippen molar-refractivity contribution in [3.8, 4) is 0 Å². The van der Waals surface area contributed by atoms with E-state index in [9.17, 15) is 14.9 Å². The van der Waals surface area contributed by atoms with Crippen molar-refractivity contribution in [2.75, 3.05) is 0 Å². The Morgan fingerprint density at radius 2 is 2.04 bits per heavy atom. The highest BCUT2D eigenvalue weighted by Crippen LogP contribution is 2.41. The Labute approximate surface area is 150 Å². The minimum absolute atomic E-state index is 0.0377. The molecule has 3 rings (SSSR count). The maximum atomic E-state index is 12.5. The van der Waals surface area contributed by atoms with Crippen LogP contribution in [0, 0.1) is 29.9 Å². The smallest absolute Gasteiger partial charge is 0.312 e. The molecule has 0 spiro atoms. The summed E-state index contributed by atoms with van der Waals surface area (Å²) in [5, 5.41) is 18.9. The first-order valence-corrected chi connectivity index (χ1v) is 8.48. The van der Waals surface area contributed by atoms with Crippen LogP contribution in [0.15, 0.2) is 24.3 Å². The van der Waals surface area contributed by atoms with Gasteiger partial charge in [-0.2, -0.15) is 5.10 Å². The van der Waals surface area contributed by atoms with E-state index in [0.717, 1.165) is 18.4 Å². The molecule has 1 aliphatic rings. The molecule has 0 bridgehead atoms. The van der Waals surface area contributed by atoms with Gasteiger partial charge in [0.05, 0.1) is 11.0 Å². The topological polar surface area (TPSA) is 90.1 Å². The van der Waals surface area contributed by atoms with Gasteiger partial charge < -0.3 is 5.32 Å². The number of amides is 1. The Kier molecular flexibility index (Phi) is 4.76. The first-order valence-electron chi connectivity index (χ1n) is 8.10. The van der Waals surface area contributed by atoms with Gasteiger partial charge in [-0.1, -0.05) is 23.7 Å². The minimum atomic E-state index is -0.465. The van der Waals surface area contributed by atoms with E-state index in [4.69, 9.17) is 11.6 Å². The monoisotopic (exact) mass is 362 g/mol. The zero-order valence-corrected chi connectivity index (χ0v) is 14.8. The van der Waals surface area contributed by atoms with E-state index in [1.165, 1.54) is 4.68 Å². The lowest BCUT2D eigenvalue weighted by Crippen LogP contribution is -2.33. The lowest BCUT2D eigenvalue weighted by atomic mass is 10.0. The molecule has 1 aromatic heterocycles. The van der Waals surface area contributed by atoms with Gasteiger partial charge >= 0.3 is 5.69 Å². The summed E-state index contributed by atoms with van der Waals surface area (Å²) in [6.07, 6.45) is 2.14. The number of nitro groups is 1. The summed E-state index contributed by atoms with van der Waals surface area (Å²) in [6.45, 7) is 3.13. The van der Waals surface area contributed by atoms with Gasteiger partial charge in [-0.15, -0.1) is 0 Å². The van der Waals surface area contributed by atoms with E-state index >= 15 is 0 Å². The summed E-state index contributed by atoms with van der Waals surface area (Å²) >= 11 is 5.93. The second-order valence-corrected chi connectivity index (χ2v) is 6.80. The van der Waals surface area contributed by atoms with E-state index in [1.54, 1.807) is 13.8 Å². The van der Waals surface area contributed by atoms with Crippen LogP contribution in [0.2, 0.25) is 5.02 Å². The zero-order valence-electron chi connectivity index (χ0n) is 14.0. The summed E-state index contributed by atoms with van der Waals surface area (Å²) in [4.78, 5) is 23.1. The molecule has 2 aromatic rings. The minimum Gasteiger partial charge on any atom is -0.347 e. The van der Waals surface area contributed by atoms with Crippen LogP contribution in [0.5, 0.6) is 0 Å². The Morgan fingerprint density at radius 1 is 1.40 bits per heavy atom. The van der Waals surface area contributed by atoms with Crippen molar-refractivity contribution in [1.29, 1.82) is 0 Å². The van der Waals surface area contributed by atoms with Crippen molar-refractivity contribution in [1.82, 2.24) is 15.1 Å². The van der Waals surface area contributed by atoms with E-state index in [-0.39, 0.29) is 24.2 Å². The van der Waals surface area contributed by atoms with Crippen LogP contribution < -0.4 is 5.32 Å². The Balaban J connectivity index is 1.74. The number of carbonyl (C=O) groups is 1. The normalized spacial score (nSPS) is 15.0. The second kappa shape index (κ2) is 6.84. The molecule has 1 atom stereocenters. The van der Waals surface area contributed by atoms with Crippen LogP contribution in [-0.2, 0) is 11.3 Å². The number of hydrogen-bond acceptors (Lipinski definition) is 4. The van der Waals surface area contributed by atoms with Crippen LogP contribution in [0.25, 0.3) is 0 Å². The van der Waals surface area contributed by atoms with Crippen molar-refractivity contribution in [2.24, 2.45) is 5.92 Å². The fourth-order valence-corrected chi connectivity index (χ4v) is 3.16. The molecule has 1 aromatic carbocycles. The molecule has 0 radical (unpaired) electrons. The standard InChI is InChI=1S/C17H19ClN4O3/c1-10-17(22(24)25)11(2)21(20-10)9-15(23)19-16(12-3-4-12)13-5-7-14(18)8-6-13/h5-8,12,16H,3-4,9H2,1-2H3,(H,19,23). The highest BCUT2D eigenvalue weighted by molar-refractivity contribution is 6.30. The third kappa shape index (κ3) is 3.82. The fourth-order valence-electron chi connectivity index (χ4n) is 3.03. The number of carbonyl (C=O) groups excluding carboxylic acids is 1. The average Bonchev–Trinajstić information content (AvgIpc) is 3.33. The van der Waals surface area contributed by atoms with Crippen molar-refractivity contribution in [2.45, 2.75) is 39.3 Å². The van der Waals surface area contributed by atoms with Crippen molar-refractivity contribution in [3.05, 3.63) is 56.4 Å². The second-order valence-electron chi connectivity index (χ2n) is 6.37. The molecule has 0 aliphatic heterocycles. The summed E-state index contributed by atoms with van der Waals surface area (Å²) in [5.74, 6) is 0.201. The lowest BCUT2D eigenvalue weighted by Gasteiger charge is -2.19. The zero-order chi connectivity index (χ0) is 18.1. The van der Waals surface area contributed by atoms with Gasteiger partial charge in [0.2, 0.25) is 5.91 Å². The number of nitrogens with zero attached hydrogens (tertiary/aromatic N) is 3. The molecule has 1 unspecified atom stereocenters. The van der Waals surface area contributed by atoms with Crippen molar-refractivity contribution < 1.29 is 9.72 Å². The molecule has 1 N–H and O–H groups in total. The number of halogens is 1.